The molecule has 0 N–H and O–H groups in total. The predicted molar refractivity (Wildman–Crippen MR) is 221 cm³/mol. The van der Waals surface area contributed by atoms with Crippen molar-refractivity contribution in [1.82, 2.24) is 4.57 Å². The smallest absolute Gasteiger partial charge is 0.0541 e. The van der Waals surface area contributed by atoms with Crippen LogP contribution < -0.4 is 4.90 Å². The molecule has 0 unspecified atom stereocenters. The number of hydrogen-bond acceptors (Lipinski definition) is 1. The summed E-state index contributed by atoms with van der Waals surface area (Å²) in [6.07, 6.45) is 0. The van der Waals surface area contributed by atoms with Gasteiger partial charge in [0.1, 0.15) is 0 Å². The van der Waals surface area contributed by atoms with Gasteiger partial charge >= 0.3 is 0 Å². The van der Waals surface area contributed by atoms with Crippen LogP contribution in [0.2, 0.25) is 0 Å². The van der Waals surface area contributed by atoms with Gasteiger partial charge in [0, 0.05) is 33.2 Å². The van der Waals surface area contributed by atoms with E-state index in [1.165, 1.54) is 71.3 Å². The lowest BCUT2D eigenvalue weighted by molar-refractivity contribution is 1.18. The third kappa shape index (κ3) is 5.04. The molecule has 0 saturated heterocycles. The van der Waals surface area contributed by atoms with Crippen molar-refractivity contribution in [3.63, 3.8) is 0 Å². The van der Waals surface area contributed by atoms with E-state index in [9.17, 15) is 0 Å². The van der Waals surface area contributed by atoms with Gasteiger partial charge in [-0.3, -0.25) is 0 Å². The van der Waals surface area contributed by atoms with Crippen molar-refractivity contribution in [2.45, 2.75) is 0 Å². The van der Waals surface area contributed by atoms with Crippen LogP contribution >= 0.6 is 0 Å². The Balaban J connectivity index is 1.12. The van der Waals surface area contributed by atoms with Gasteiger partial charge in [-0.25, -0.2) is 0 Å². The number of nitrogens with zero attached hydrogens (tertiary/aromatic N) is 2. The van der Waals surface area contributed by atoms with Gasteiger partial charge in [-0.05, 0) is 99.1 Å². The molecule has 1 aromatic heterocycles. The Morgan fingerprint density at radius 2 is 0.923 bits per heavy atom. The fraction of sp³-hybridized carbons (Fsp3) is 0. The minimum absolute atomic E-state index is 1.11. The van der Waals surface area contributed by atoms with Crippen LogP contribution in [0.1, 0.15) is 0 Å². The molecule has 2 nitrogen and oxygen atoms in total. The van der Waals surface area contributed by atoms with E-state index < -0.39 is 0 Å². The number of rotatable bonds is 6. The van der Waals surface area contributed by atoms with E-state index in [4.69, 9.17) is 0 Å². The lowest BCUT2D eigenvalue weighted by Gasteiger charge is -2.27. The zero-order chi connectivity index (χ0) is 34.4. The summed E-state index contributed by atoms with van der Waals surface area (Å²) < 4.78 is 2.37. The van der Waals surface area contributed by atoms with E-state index in [1.807, 2.05) is 0 Å². The van der Waals surface area contributed by atoms with Gasteiger partial charge in [0.25, 0.3) is 0 Å². The van der Waals surface area contributed by atoms with Crippen molar-refractivity contribution in [2.24, 2.45) is 0 Å². The molecule has 0 aliphatic rings. The molecule has 0 spiro atoms. The Morgan fingerprint density at radius 3 is 1.75 bits per heavy atom. The molecule has 1 heterocycles. The van der Waals surface area contributed by atoms with E-state index in [0.717, 1.165) is 17.1 Å². The maximum atomic E-state index is 2.40. The zero-order valence-electron chi connectivity index (χ0n) is 28.5. The van der Waals surface area contributed by atoms with Crippen LogP contribution in [-0.2, 0) is 0 Å². The number of anilines is 3. The summed E-state index contributed by atoms with van der Waals surface area (Å²) >= 11 is 0. The average Bonchev–Trinajstić information content (AvgIpc) is 3.55. The van der Waals surface area contributed by atoms with Crippen molar-refractivity contribution in [2.75, 3.05) is 4.90 Å². The molecule has 52 heavy (non-hydrogen) atoms. The molecule has 0 radical (unpaired) electrons. The van der Waals surface area contributed by atoms with E-state index in [2.05, 4.69) is 216 Å². The average molecular weight is 663 g/mol. The molecule has 244 valence electrons. The molecule has 0 saturated carbocycles. The van der Waals surface area contributed by atoms with Crippen LogP contribution in [0.4, 0.5) is 17.1 Å². The van der Waals surface area contributed by atoms with Crippen LogP contribution in [0, 0.1) is 0 Å². The molecule has 0 atom stereocenters. The highest BCUT2D eigenvalue weighted by Gasteiger charge is 2.18. The summed E-state index contributed by atoms with van der Waals surface area (Å²) in [6, 6.07) is 74.7. The standard InChI is InChI=1S/C50H34N2/c1-2-18-40(19-3-1)52-49-25-9-8-23-46(49)47-34-39(29-32-50(47)52)38-17-10-20-42(33-38)51(48-26-12-16-36-14-5-7-22-45(36)48)41-30-27-37(28-31-41)44-24-11-15-35-13-4-6-21-43(35)44/h1-34H. The second-order valence-corrected chi connectivity index (χ2v) is 13.4. The molecule has 10 aromatic rings. The third-order valence-corrected chi connectivity index (χ3v) is 10.4. The number of hydrogen-bond donors (Lipinski definition) is 0. The van der Waals surface area contributed by atoms with E-state index >= 15 is 0 Å². The largest absolute Gasteiger partial charge is 0.310 e. The van der Waals surface area contributed by atoms with Crippen LogP contribution in [0.5, 0.6) is 0 Å². The fourth-order valence-electron chi connectivity index (χ4n) is 7.93. The fourth-order valence-corrected chi connectivity index (χ4v) is 7.93. The predicted octanol–water partition coefficient (Wildman–Crippen LogP) is 13.9. The Hall–Kier alpha value is -6.90. The van der Waals surface area contributed by atoms with Crippen LogP contribution in [0.25, 0.3) is 71.3 Å². The second-order valence-electron chi connectivity index (χ2n) is 13.4. The summed E-state index contributed by atoms with van der Waals surface area (Å²) in [7, 11) is 0. The monoisotopic (exact) mass is 662 g/mol. The minimum atomic E-state index is 1.11. The van der Waals surface area contributed by atoms with E-state index in [-0.39, 0.29) is 0 Å². The molecule has 0 bridgehead atoms. The molecule has 0 amide bonds. The van der Waals surface area contributed by atoms with Gasteiger partial charge < -0.3 is 9.47 Å². The Labute approximate surface area is 303 Å². The Kier molecular flexibility index (Phi) is 7.18. The van der Waals surface area contributed by atoms with Gasteiger partial charge in [-0.1, -0.05) is 146 Å². The van der Waals surface area contributed by atoms with Crippen molar-refractivity contribution in [3.05, 3.63) is 206 Å². The van der Waals surface area contributed by atoms with Crippen molar-refractivity contribution >= 4 is 60.4 Å². The van der Waals surface area contributed by atoms with Crippen molar-refractivity contribution in [1.29, 1.82) is 0 Å². The lowest BCUT2D eigenvalue weighted by Crippen LogP contribution is -2.10. The van der Waals surface area contributed by atoms with Crippen molar-refractivity contribution in [3.8, 4) is 27.9 Å². The molecule has 9 aromatic carbocycles. The Bertz CT molecular complexity index is 2890. The highest BCUT2D eigenvalue weighted by atomic mass is 15.1. The topological polar surface area (TPSA) is 8.17 Å². The molecule has 2 heteroatoms. The highest BCUT2D eigenvalue weighted by Crippen LogP contribution is 2.42. The first-order valence-corrected chi connectivity index (χ1v) is 17.9. The van der Waals surface area contributed by atoms with Crippen LogP contribution in [0.15, 0.2) is 206 Å². The molecule has 0 aliphatic carbocycles. The quantitative estimate of drug-likeness (QED) is 0.172. The molecule has 0 fully saturated rings. The van der Waals surface area contributed by atoms with Gasteiger partial charge in [-0.2, -0.15) is 0 Å². The first kappa shape index (κ1) is 30.0. The van der Waals surface area contributed by atoms with E-state index in [1.54, 1.807) is 0 Å². The van der Waals surface area contributed by atoms with Gasteiger partial charge in [0.2, 0.25) is 0 Å². The first-order valence-electron chi connectivity index (χ1n) is 17.9. The van der Waals surface area contributed by atoms with Gasteiger partial charge in [0.05, 0.1) is 16.7 Å². The lowest BCUT2D eigenvalue weighted by atomic mass is 9.97. The zero-order valence-corrected chi connectivity index (χ0v) is 28.5. The van der Waals surface area contributed by atoms with Crippen LogP contribution in [-0.4, -0.2) is 4.57 Å². The van der Waals surface area contributed by atoms with Gasteiger partial charge in [0.15, 0.2) is 0 Å². The van der Waals surface area contributed by atoms with Gasteiger partial charge in [-0.15, -0.1) is 0 Å². The normalized spacial score (nSPS) is 11.5. The maximum absolute atomic E-state index is 2.40. The summed E-state index contributed by atoms with van der Waals surface area (Å²) in [5.41, 5.74) is 11.8. The second kappa shape index (κ2) is 12.5. The number of aromatic nitrogens is 1. The van der Waals surface area contributed by atoms with E-state index in [0.29, 0.717) is 0 Å². The molecular formula is C50H34N2. The molecule has 10 rings (SSSR count). The third-order valence-electron chi connectivity index (χ3n) is 10.4. The SMILES string of the molecule is c1ccc(-n2c3ccccc3c3cc(-c4cccc(N(c5ccc(-c6cccc7ccccc67)cc5)c5cccc6ccccc56)c4)ccc32)cc1. The van der Waals surface area contributed by atoms with Crippen LogP contribution in [0.3, 0.4) is 0 Å². The minimum Gasteiger partial charge on any atom is -0.310 e. The summed E-state index contributed by atoms with van der Waals surface area (Å²) in [4.78, 5) is 2.40. The highest BCUT2D eigenvalue weighted by molar-refractivity contribution is 6.10. The summed E-state index contributed by atoms with van der Waals surface area (Å²) in [6.45, 7) is 0. The Morgan fingerprint density at radius 1 is 0.327 bits per heavy atom. The maximum Gasteiger partial charge on any atom is 0.0541 e. The first-order chi connectivity index (χ1) is 25.8. The summed E-state index contributed by atoms with van der Waals surface area (Å²) in [5, 5.41) is 7.44. The summed E-state index contributed by atoms with van der Waals surface area (Å²) in [5.74, 6) is 0. The molecular weight excluding hydrogens is 629 g/mol. The molecule has 0 aliphatic heterocycles. The number of para-hydroxylation sites is 2. The number of fused-ring (bicyclic) bond motifs is 5. The van der Waals surface area contributed by atoms with Crippen molar-refractivity contribution < 1.29 is 0 Å². The number of benzene rings is 9.